The van der Waals surface area contributed by atoms with Gasteiger partial charge in [0.25, 0.3) is 0 Å². The van der Waals surface area contributed by atoms with E-state index in [2.05, 4.69) is 10.4 Å². The summed E-state index contributed by atoms with van der Waals surface area (Å²) in [4.78, 5) is 22.9. The smallest absolute Gasteiger partial charge is 0.356 e. The highest BCUT2D eigenvalue weighted by Gasteiger charge is 2.17. The molecule has 0 saturated carbocycles. The number of rotatable bonds is 7. The molecule has 8 nitrogen and oxygen atoms in total. The van der Waals surface area contributed by atoms with Gasteiger partial charge in [-0.1, -0.05) is 19.1 Å². The maximum absolute atomic E-state index is 12.0. The molecular formula is C15H17N3O5S. The Morgan fingerprint density at radius 1 is 1.25 bits per heavy atom. The third kappa shape index (κ3) is 4.42. The number of benzene rings is 1. The Bertz CT molecular complexity index is 857. The van der Waals surface area contributed by atoms with Gasteiger partial charge in [0.1, 0.15) is 5.75 Å². The topological polar surface area (TPSA) is 118 Å². The van der Waals surface area contributed by atoms with E-state index in [1.165, 1.54) is 16.9 Å². The van der Waals surface area contributed by atoms with Gasteiger partial charge < -0.3 is 10.4 Å². The van der Waals surface area contributed by atoms with Crippen molar-refractivity contribution in [2.45, 2.75) is 13.3 Å². The van der Waals surface area contributed by atoms with Crippen LogP contribution in [0.2, 0.25) is 0 Å². The summed E-state index contributed by atoms with van der Waals surface area (Å²) in [6.07, 6.45) is 1.89. The molecule has 1 aromatic heterocycles. The number of hydrogen-bond donors (Lipinski definition) is 2. The minimum Gasteiger partial charge on any atom is -0.476 e. The van der Waals surface area contributed by atoms with E-state index >= 15 is 0 Å². The number of nitrogens with one attached hydrogen (secondary N) is 1. The molecule has 0 spiro atoms. The van der Waals surface area contributed by atoms with E-state index in [0.29, 0.717) is 17.8 Å². The van der Waals surface area contributed by atoms with Gasteiger partial charge in [0.05, 0.1) is 17.1 Å². The number of carboxylic acid groups (broad SMARTS) is 1. The molecule has 24 heavy (non-hydrogen) atoms. The summed E-state index contributed by atoms with van der Waals surface area (Å²) in [5, 5.41) is 15.4. The first-order chi connectivity index (χ1) is 11.3. The quantitative estimate of drug-likeness (QED) is 0.777. The second-order valence-corrected chi connectivity index (χ2v) is 7.29. The van der Waals surface area contributed by atoms with Gasteiger partial charge in [-0.25, -0.2) is 17.9 Å². The Hall–Kier alpha value is -2.68. The van der Waals surface area contributed by atoms with Gasteiger partial charge in [-0.15, -0.1) is 0 Å². The predicted octanol–water partition coefficient (Wildman–Crippen LogP) is 1.33. The number of sulfone groups is 1. The summed E-state index contributed by atoms with van der Waals surface area (Å²) in [5.74, 6) is -2.47. The maximum atomic E-state index is 12.0. The van der Waals surface area contributed by atoms with Crippen LogP contribution in [-0.4, -0.2) is 46.7 Å². The lowest BCUT2D eigenvalue weighted by Gasteiger charge is -2.11. The molecule has 1 aromatic carbocycles. The summed E-state index contributed by atoms with van der Waals surface area (Å²) in [6, 6.07) is 7.91. The van der Waals surface area contributed by atoms with Crippen LogP contribution >= 0.6 is 0 Å². The van der Waals surface area contributed by atoms with Crippen LogP contribution in [0.5, 0.6) is 0 Å². The molecule has 0 bridgehead atoms. The molecule has 0 radical (unpaired) electrons. The zero-order chi connectivity index (χ0) is 17.7. The predicted molar refractivity (Wildman–Crippen MR) is 88.1 cm³/mol. The fourth-order valence-electron chi connectivity index (χ4n) is 2.12. The average Bonchev–Trinajstić information content (AvgIpc) is 2.96. The van der Waals surface area contributed by atoms with Crippen LogP contribution in [0.25, 0.3) is 5.69 Å². The summed E-state index contributed by atoms with van der Waals surface area (Å²) in [6.45, 7) is 1.72. The second-order valence-electron chi connectivity index (χ2n) is 5.11. The molecule has 2 rings (SSSR count). The van der Waals surface area contributed by atoms with E-state index in [-0.39, 0.29) is 11.4 Å². The van der Waals surface area contributed by atoms with Gasteiger partial charge >= 0.3 is 5.97 Å². The van der Waals surface area contributed by atoms with Gasteiger partial charge in [0.15, 0.2) is 15.5 Å². The number of aromatic nitrogens is 2. The lowest BCUT2D eigenvalue weighted by molar-refractivity contribution is -0.113. The highest BCUT2D eigenvalue weighted by molar-refractivity contribution is 7.92. The first kappa shape index (κ1) is 17.7. The highest BCUT2D eigenvalue weighted by Crippen LogP contribution is 2.19. The molecule has 9 heteroatoms. The molecule has 0 aliphatic heterocycles. The molecule has 0 fully saturated rings. The van der Waals surface area contributed by atoms with Crippen LogP contribution in [0.15, 0.2) is 36.5 Å². The number of para-hydroxylation sites is 2. The number of carbonyl (C=O) groups is 2. The van der Waals surface area contributed by atoms with Crippen LogP contribution < -0.4 is 5.32 Å². The first-order valence-electron chi connectivity index (χ1n) is 7.21. The van der Waals surface area contributed by atoms with Gasteiger partial charge in [-0.3, -0.25) is 4.79 Å². The molecule has 0 atom stereocenters. The molecule has 1 heterocycles. The van der Waals surface area contributed by atoms with Crippen molar-refractivity contribution in [2.24, 2.45) is 0 Å². The number of aromatic carboxylic acids is 1. The Balaban J connectivity index is 2.22. The molecule has 0 unspecified atom stereocenters. The molecule has 0 aliphatic rings. The minimum absolute atomic E-state index is 0.0524. The number of nitrogens with zero attached hydrogens (tertiary/aromatic N) is 2. The fraction of sp³-hybridized carbons (Fsp3) is 0.267. The van der Waals surface area contributed by atoms with E-state index < -0.39 is 27.5 Å². The number of carbonyl (C=O) groups excluding carboxylic acids is 1. The Labute approximate surface area is 139 Å². The van der Waals surface area contributed by atoms with E-state index in [0.717, 1.165) is 0 Å². The van der Waals surface area contributed by atoms with E-state index in [4.69, 9.17) is 5.11 Å². The van der Waals surface area contributed by atoms with Crippen LogP contribution in [0.4, 0.5) is 5.69 Å². The molecule has 2 aromatic rings. The third-order valence-corrected chi connectivity index (χ3v) is 4.83. The molecule has 0 aliphatic carbocycles. The van der Waals surface area contributed by atoms with Crippen LogP contribution in [0.3, 0.4) is 0 Å². The molecule has 0 saturated heterocycles. The summed E-state index contributed by atoms with van der Waals surface area (Å²) in [7, 11) is -3.45. The monoisotopic (exact) mass is 351 g/mol. The second kappa shape index (κ2) is 7.26. The standard InChI is InChI=1S/C15H17N3O5S/c1-2-9-24(22,23)10-14(19)16-11-5-3-4-6-13(11)18-8-7-12(17-18)15(20)21/h3-8H,2,9-10H2,1H3,(H,16,19)(H,20,21). The van der Waals surface area contributed by atoms with Crippen LogP contribution in [-0.2, 0) is 14.6 Å². The summed E-state index contributed by atoms with van der Waals surface area (Å²) < 4.78 is 24.7. The summed E-state index contributed by atoms with van der Waals surface area (Å²) >= 11 is 0. The lowest BCUT2D eigenvalue weighted by atomic mass is 10.2. The number of amides is 1. The van der Waals surface area contributed by atoms with Crippen molar-refractivity contribution in [1.29, 1.82) is 0 Å². The van der Waals surface area contributed by atoms with Crippen molar-refractivity contribution < 1.29 is 23.1 Å². The number of carboxylic acids is 1. The third-order valence-electron chi connectivity index (χ3n) is 3.10. The SMILES string of the molecule is CCCS(=O)(=O)CC(=O)Nc1ccccc1-n1ccc(C(=O)O)n1. The Morgan fingerprint density at radius 2 is 1.96 bits per heavy atom. The molecule has 128 valence electrons. The largest absolute Gasteiger partial charge is 0.476 e. The lowest BCUT2D eigenvalue weighted by Crippen LogP contribution is -2.25. The van der Waals surface area contributed by atoms with E-state index in [9.17, 15) is 18.0 Å². The van der Waals surface area contributed by atoms with Gasteiger partial charge in [-0.2, -0.15) is 5.10 Å². The van der Waals surface area contributed by atoms with Crippen molar-refractivity contribution in [3.8, 4) is 5.69 Å². The van der Waals surface area contributed by atoms with Crippen molar-refractivity contribution in [1.82, 2.24) is 9.78 Å². The average molecular weight is 351 g/mol. The Morgan fingerprint density at radius 3 is 2.58 bits per heavy atom. The normalized spacial score (nSPS) is 11.2. The molecule has 1 amide bonds. The van der Waals surface area contributed by atoms with E-state index in [1.807, 2.05) is 0 Å². The van der Waals surface area contributed by atoms with Crippen LogP contribution in [0.1, 0.15) is 23.8 Å². The number of hydrogen-bond acceptors (Lipinski definition) is 5. The van der Waals surface area contributed by atoms with Gasteiger partial charge in [0, 0.05) is 6.20 Å². The van der Waals surface area contributed by atoms with Crippen molar-refractivity contribution in [3.05, 3.63) is 42.2 Å². The van der Waals surface area contributed by atoms with Crippen molar-refractivity contribution in [2.75, 3.05) is 16.8 Å². The van der Waals surface area contributed by atoms with Crippen LogP contribution in [0, 0.1) is 0 Å². The zero-order valence-corrected chi connectivity index (χ0v) is 13.8. The maximum Gasteiger partial charge on any atom is 0.356 e. The molecule has 2 N–H and O–H groups in total. The van der Waals surface area contributed by atoms with Crippen molar-refractivity contribution in [3.63, 3.8) is 0 Å². The first-order valence-corrected chi connectivity index (χ1v) is 9.03. The summed E-state index contributed by atoms with van der Waals surface area (Å²) in [5.41, 5.74) is 0.641. The van der Waals surface area contributed by atoms with E-state index in [1.54, 1.807) is 31.2 Å². The zero-order valence-electron chi connectivity index (χ0n) is 13.0. The van der Waals surface area contributed by atoms with Gasteiger partial charge in [-0.05, 0) is 24.6 Å². The minimum atomic E-state index is -3.45. The molecular weight excluding hydrogens is 334 g/mol. The number of anilines is 1. The van der Waals surface area contributed by atoms with Crippen molar-refractivity contribution >= 4 is 27.4 Å². The van der Waals surface area contributed by atoms with Gasteiger partial charge in [0.2, 0.25) is 5.91 Å². The highest BCUT2D eigenvalue weighted by atomic mass is 32.2. The fourth-order valence-corrected chi connectivity index (χ4v) is 3.36. The Kier molecular flexibility index (Phi) is 5.35.